The fraction of sp³-hybridized carbons (Fsp3) is 0.267. The Hall–Kier alpha value is -2.47. The molecule has 1 N–H and O–H groups in total. The Bertz CT molecular complexity index is 705. The summed E-state index contributed by atoms with van der Waals surface area (Å²) in [5.41, 5.74) is 0.796. The molecule has 0 radical (unpaired) electrons. The zero-order valence-electron chi connectivity index (χ0n) is 11.7. The largest absolute Gasteiger partial charge is 0.380 e. The SMILES string of the molecule is CCc1noc(Cn2ccnc2[C@@H](O)c2ccccc2)n1. The standard InChI is InChI=1S/C15H16N4O2/c1-2-12-17-13(21-18-12)10-19-9-8-16-15(19)14(20)11-6-4-3-5-7-11/h3-9,14,20H,2,10H2,1H3/t14-/m0/s1. The third kappa shape index (κ3) is 2.85. The third-order valence-corrected chi connectivity index (χ3v) is 3.24. The second kappa shape index (κ2) is 5.88. The van der Waals surface area contributed by atoms with Gasteiger partial charge in [-0.05, 0) is 5.56 Å². The van der Waals surface area contributed by atoms with Crippen LogP contribution in [0.1, 0.15) is 36.1 Å². The number of imidazole rings is 1. The maximum absolute atomic E-state index is 10.4. The molecule has 1 aromatic carbocycles. The highest BCUT2D eigenvalue weighted by Gasteiger charge is 2.17. The topological polar surface area (TPSA) is 77.0 Å². The van der Waals surface area contributed by atoms with E-state index in [-0.39, 0.29) is 0 Å². The summed E-state index contributed by atoms with van der Waals surface area (Å²) < 4.78 is 6.99. The number of aliphatic hydroxyl groups excluding tert-OH is 1. The van der Waals surface area contributed by atoms with Gasteiger partial charge in [-0.3, -0.25) is 0 Å². The van der Waals surface area contributed by atoms with Crippen molar-refractivity contribution in [1.82, 2.24) is 19.7 Å². The van der Waals surface area contributed by atoms with Crippen molar-refractivity contribution in [3.05, 3.63) is 65.8 Å². The molecule has 21 heavy (non-hydrogen) atoms. The van der Waals surface area contributed by atoms with Crippen LogP contribution >= 0.6 is 0 Å². The Morgan fingerprint density at radius 2 is 2.10 bits per heavy atom. The molecule has 1 atom stereocenters. The molecular formula is C15H16N4O2. The first-order valence-electron chi connectivity index (χ1n) is 6.83. The minimum absolute atomic E-state index is 0.395. The van der Waals surface area contributed by atoms with Gasteiger partial charge in [-0.25, -0.2) is 4.98 Å². The van der Waals surface area contributed by atoms with Gasteiger partial charge < -0.3 is 14.2 Å². The lowest BCUT2D eigenvalue weighted by Gasteiger charge is -2.12. The van der Waals surface area contributed by atoms with Crippen LogP contribution in [0.4, 0.5) is 0 Å². The highest BCUT2D eigenvalue weighted by Crippen LogP contribution is 2.20. The summed E-state index contributed by atoms with van der Waals surface area (Å²) in [5, 5.41) is 14.3. The van der Waals surface area contributed by atoms with E-state index in [2.05, 4.69) is 15.1 Å². The summed E-state index contributed by atoms with van der Waals surface area (Å²) in [6.07, 6.45) is 3.39. The van der Waals surface area contributed by atoms with Crippen LogP contribution in [-0.2, 0) is 13.0 Å². The van der Waals surface area contributed by atoms with Gasteiger partial charge in [0.2, 0.25) is 5.89 Å². The highest BCUT2D eigenvalue weighted by molar-refractivity contribution is 5.23. The molecule has 0 unspecified atom stereocenters. The molecule has 108 valence electrons. The third-order valence-electron chi connectivity index (χ3n) is 3.24. The molecule has 0 saturated carbocycles. The van der Waals surface area contributed by atoms with Crippen molar-refractivity contribution in [2.75, 3.05) is 0 Å². The van der Waals surface area contributed by atoms with E-state index in [0.717, 1.165) is 12.0 Å². The molecule has 2 aromatic heterocycles. The molecule has 3 aromatic rings. The second-order valence-electron chi connectivity index (χ2n) is 4.68. The Labute approximate surface area is 122 Å². The van der Waals surface area contributed by atoms with Crippen molar-refractivity contribution in [2.24, 2.45) is 0 Å². The van der Waals surface area contributed by atoms with Gasteiger partial charge in [0.25, 0.3) is 0 Å². The molecule has 2 heterocycles. The summed E-state index contributed by atoms with van der Waals surface area (Å²) in [4.78, 5) is 8.51. The average molecular weight is 284 g/mol. The van der Waals surface area contributed by atoms with E-state index in [9.17, 15) is 5.11 Å². The first-order chi connectivity index (χ1) is 10.3. The van der Waals surface area contributed by atoms with Gasteiger partial charge in [0, 0.05) is 18.8 Å². The number of hydrogen-bond acceptors (Lipinski definition) is 5. The number of rotatable bonds is 5. The molecule has 0 spiro atoms. The van der Waals surface area contributed by atoms with Crippen LogP contribution in [0.15, 0.2) is 47.2 Å². The van der Waals surface area contributed by atoms with Crippen LogP contribution in [0.5, 0.6) is 0 Å². The van der Waals surface area contributed by atoms with Gasteiger partial charge in [-0.1, -0.05) is 42.4 Å². The number of aromatic nitrogens is 4. The summed E-state index contributed by atoms with van der Waals surface area (Å²) in [7, 11) is 0. The van der Waals surface area contributed by atoms with E-state index in [1.165, 1.54) is 0 Å². The van der Waals surface area contributed by atoms with E-state index in [0.29, 0.717) is 24.1 Å². The fourth-order valence-electron chi connectivity index (χ4n) is 2.13. The zero-order chi connectivity index (χ0) is 14.7. The Morgan fingerprint density at radius 1 is 1.29 bits per heavy atom. The van der Waals surface area contributed by atoms with Gasteiger partial charge in [0.1, 0.15) is 18.5 Å². The lowest BCUT2D eigenvalue weighted by atomic mass is 10.1. The van der Waals surface area contributed by atoms with E-state index in [1.54, 1.807) is 12.4 Å². The lowest BCUT2D eigenvalue weighted by Crippen LogP contribution is -2.10. The van der Waals surface area contributed by atoms with Crippen molar-refractivity contribution in [2.45, 2.75) is 26.0 Å². The van der Waals surface area contributed by atoms with Gasteiger partial charge in [-0.2, -0.15) is 4.98 Å². The van der Waals surface area contributed by atoms with E-state index in [4.69, 9.17) is 4.52 Å². The number of benzene rings is 1. The van der Waals surface area contributed by atoms with Crippen molar-refractivity contribution in [3.63, 3.8) is 0 Å². The van der Waals surface area contributed by atoms with Crippen LogP contribution in [0, 0.1) is 0 Å². The predicted octanol–water partition coefficient (Wildman–Crippen LogP) is 1.96. The summed E-state index contributed by atoms with van der Waals surface area (Å²) in [5.74, 6) is 1.74. The normalized spacial score (nSPS) is 12.5. The lowest BCUT2D eigenvalue weighted by molar-refractivity contribution is 0.204. The maximum Gasteiger partial charge on any atom is 0.246 e. The average Bonchev–Trinajstić information content (AvgIpc) is 3.17. The second-order valence-corrected chi connectivity index (χ2v) is 4.68. The van der Waals surface area contributed by atoms with Gasteiger partial charge in [0.15, 0.2) is 5.82 Å². The van der Waals surface area contributed by atoms with Crippen LogP contribution < -0.4 is 0 Å². The van der Waals surface area contributed by atoms with Gasteiger partial charge in [0.05, 0.1) is 0 Å². The molecule has 0 fully saturated rings. The molecule has 0 aliphatic heterocycles. The smallest absolute Gasteiger partial charge is 0.246 e. The Balaban J connectivity index is 1.83. The summed E-state index contributed by atoms with van der Waals surface area (Å²) in [6.45, 7) is 2.36. The van der Waals surface area contributed by atoms with Crippen LogP contribution in [0.2, 0.25) is 0 Å². The fourth-order valence-corrected chi connectivity index (χ4v) is 2.13. The molecule has 6 nitrogen and oxygen atoms in total. The quantitative estimate of drug-likeness (QED) is 0.775. The highest BCUT2D eigenvalue weighted by atomic mass is 16.5. The maximum atomic E-state index is 10.4. The van der Waals surface area contributed by atoms with Crippen LogP contribution in [-0.4, -0.2) is 24.8 Å². The monoisotopic (exact) mass is 284 g/mol. The van der Waals surface area contributed by atoms with E-state index in [1.807, 2.05) is 41.8 Å². The Kier molecular flexibility index (Phi) is 3.79. The molecule has 6 heteroatoms. The molecule has 3 rings (SSSR count). The van der Waals surface area contributed by atoms with Crippen molar-refractivity contribution in [3.8, 4) is 0 Å². The van der Waals surface area contributed by atoms with Crippen LogP contribution in [0.25, 0.3) is 0 Å². The minimum Gasteiger partial charge on any atom is -0.380 e. The van der Waals surface area contributed by atoms with Gasteiger partial charge in [-0.15, -0.1) is 0 Å². The minimum atomic E-state index is -0.783. The first kappa shape index (κ1) is 13.5. The summed E-state index contributed by atoms with van der Waals surface area (Å²) >= 11 is 0. The van der Waals surface area contributed by atoms with Crippen LogP contribution in [0.3, 0.4) is 0 Å². The molecule has 0 saturated heterocycles. The number of nitrogens with zero attached hydrogens (tertiary/aromatic N) is 4. The number of aliphatic hydroxyl groups is 1. The zero-order valence-corrected chi connectivity index (χ0v) is 11.7. The van der Waals surface area contributed by atoms with Crippen molar-refractivity contribution < 1.29 is 9.63 Å². The molecular weight excluding hydrogens is 268 g/mol. The van der Waals surface area contributed by atoms with E-state index >= 15 is 0 Å². The summed E-state index contributed by atoms with van der Waals surface area (Å²) in [6, 6.07) is 9.42. The molecule has 0 aliphatic carbocycles. The molecule has 0 amide bonds. The Morgan fingerprint density at radius 3 is 2.81 bits per heavy atom. The number of aryl methyl sites for hydroxylation is 1. The molecule has 0 aliphatic rings. The van der Waals surface area contributed by atoms with E-state index < -0.39 is 6.10 Å². The predicted molar refractivity (Wildman–Crippen MR) is 75.5 cm³/mol. The first-order valence-corrected chi connectivity index (χ1v) is 6.83. The number of hydrogen-bond donors (Lipinski definition) is 1. The van der Waals surface area contributed by atoms with Crippen molar-refractivity contribution >= 4 is 0 Å². The van der Waals surface area contributed by atoms with Crippen molar-refractivity contribution in [1.29, 1.82) is 0 Å². The molecule has 0 bridgehead atoms. The van der Waals surface area contributed by atoms with Gasteiger partial charge >= 0.3 is 0 Å².